The molecule has 1 aromatic heterocycles. The molecule has 0 unspecified atom stereocenters. The van der Waals surface area contributed by atoms with E-state index < -0.39 is 19.6 Å². The van der Waals surface area contributed by atoms with Gasteiger partial charge in [0.1, 0.15) is 7.05 Å². The number of nitrogens with zero attached hydrogens (tertiary/aromatic N) is 1. The SMILES string of the molecule is [2H]C([2H])([2H])C([2H])(c1cc[n+](C)c(-c2ccccc2C)c1)C([2H])([2H])[2H]. The van der Waals surface area contributed by atoms with Crippen molar-refractivity contribution in [1.82, 2.24) is 0 Å². The molecule has 0 atom stereocenters. The third kappa shape index (κ3) is 2.38. The Kier molecular flexibility index (Phi) is 1.61. The molecule has 2 rings (SSSR count). The molecule has 1 heterocycles. The standard InChI is InChI=1S/C16H20N/c1-12(2)14-9-10-17(4)16(11-14)15-8-6-5-7-13(15)3/h5-12H,1-4H3/q+1/i1D3,2D3,12D. The quantitative estimate of drug-likeness (QED) is 0.698. The number of aryl methyl sites for hydroxylation is 2. The molecular formula is C16H20N+. The van der Waals surface area contributed by atoms with Crippen molar-refractivity contribution in [1.29, 1.82) is 0 Å². The fourth-order valence-electron chi connectivity index (χ4n) is 1.85. The van der Waals surface area contributed by atoms with Crippen LogP contribution in [0.3, 0.4) is 0 Å². The van der Waals surface area contributed by atoms with Crippen LogP contribution in [0.4, 0.5) is 0 Å². The largest absolute Gasteiger partial charge is 0.212 e. The van der Waals surface area contributed by atoms with Gasteiger partial charge in [0.25, 0.3) is 0 Å². The molecule has 1 heteroatoms. The highest BCUT2D eigenvalue weighted by atomic mass is 14.9. The fourth-order valence-corrected chi connectivity index (χ4v) is 1.85. The van der Waals surface area contributed by atoms with Crippen molar-refractivity contribution in [2.75, 3.05) is 0 Å². The van der Waals surface area contributed by atoms with Crippen LogP contribution < -0.4 is 4.57 Å². The smallest absolute Gasteiger partial charge is 0.201 e. The Morgan fingerprint density at radius 2 is 2.00 bits per heavy atom. The minimum Gasteiger partial charge on any atom is -0.201 e. The van der Waals surface area contributed by atoms with Gasteiger partial charge in [-0.3, -0.25) is 0 Å². The summed E-state index contributed by atoms with van der Waals surface area (Å²) in [7, 11) is 1.79. The normalized spacial score (nSPS) is 19.1. The van der Waals surface area contributed by atoms with Crippen LogP contribution in [0.5, 0.6) is 0 Å². The molecule has 1 aromatic carbocycles. The zero-order valence-electron chi connectivity index (χ0n) is 17.0. The molecule has 0 amide bonds. The highest BCUT2D eigenvalue weighted by Crippen LogP contribution is 2.23. The van der Waals surface area contributed by atoms with E-state index in [0.29, 0.717) is 5.69 Å². The molecule has 2 aromatic rings. The fraction of sp³-hybridized carbons (Fsp3) is 0.312. The van der Waals surface area contributed by atoms with Crippen LogP contribution >= 0.6 is 0 Å². The predicted octanol–water partition coefficient (Wildman–Crippen LogP) is 3.61. The molecule has 0 saturated heterocycles. The predicted molar refractivity (Wildman–Crippen MR) is 71.9 cm³/mol. The maximum absolute atomic E-state index is 8.31. The van der Waals surface area contributed by atoms with Gasteiger partial charge in [0.15, 0.2) is 6.20 Å². The molecule has 1 nitrogen and oxygen atoms in total. The maximum Gasteiger partial charge on any atom is 0.212 e. The first-order valence-corrected chi connectivity index (χ1v) is 5.46. The molecule has 0 saturated carbocycles. The first kappa shape index (κ1) is 5.81. The van der Waals surface area contributed by atoms with Crippen molar-refractivity contribution < 1.29 is 14.2 Å². The molecule has 0 N–H and O–H groups in total. The maximum atomic E-state index is 8.31. The molecule has 0 aliphatic carbocycles. The van der Waals surface area contributed by atoms with Gasteiger partial charge < -0.3 is 0 Å². The lowest BCUT2D eigenvalue weighted by atomic mass is 9.99. The first-order valence-electron chi connectivity index (χ1n) is 8.96. The number of hydrogen-bond acceptors (Lipinski definition) is 0. The molecule has 88 valence electrons. The van der Waals surface area contributed by atoms with Crippen molar-refractivity contribution >= 4 is 0 Å². The van der Waals surface area contributed by atoms with Crippen molar-refractivity contribution in [3.8, 4) is 11.3 Å². The molecule has 0 bridgehead atoms. The van der Waals surface area contributed by atoms with E-state index in [1.165, 1.54) is 12.1 Å². The van der Waals surface area contributed by atoms with E-state index in [-0.39, 0.29) is 5.56 Å². The van der Waals surface area contributed by atoms with Crippen LogP contribution in [0, 0.1) is 6.92 Å². The van der Waals surface area contributed by atoms with Gasteiger partial charge in [-0.25, -0.2) is 4.57 Å². The van der Waals surface area contributed by atoms with E-state index >= 15 is 0 Å². The third-order valence-corrected chi connectivity index (χ3v) is 2.86. The lowest BCUT2D eigenvalue weighted by Gasteiger charge is -2.08. The molecular weight excluding hydrogens is 206 g/mol. The Hall–Kier alpha value is -1.63. The second-order valence-corrected chi connectivity index (χ2v) is 4.10. The number of benzene rings is 1. The van der Waals surface area contributed by atoms with Crippen LogP contribution in [0.25, 0.3) is 11.3 Å². The molecule has 0 fully saturated rings. The van der Waals surface area contributed by atoms with Crippen LogP contribution in [0.1, 0.15) is 40.3 Å². The molecule has 0 aliphatic heterocycles. The minimum absolute atomic E-state index is 0.0427. The zero-order chi connectivity index (χ0) is 18.3. The highest BCUT2D eigenvalue weighted by Gasteiger charge is 2.13. The summed E-state index contributed by atoms with van der Waals surface area (Å²) in [5, 5.41) is 0. The van der Waals surface area contributed by atoms with Crippen molar-refractivity contribution in [2.24, 2.45) is 7.05 Å². The summed E-state index contributed by atoms with van der Waals surface area (Å²) in [6.45, 7) is -4.05. The van der Waals surface area contributed by atoms with Gasteiger partial charge in [0.05, 0.1) is 0 Å². The van der Waals surface area contributed by atoms with Crippen molar-refractivity contribution in [3.63, 3.8) is 0 Å². The van der Waals surface area contributed by atoms with E-state index in [4.69, 9.17) is 9.60 Å². The van der Waals surface area contributed by atoms with Gasteiger partial charge in [-0.1, -0.05) is 31.9 Å². The van der Waals surface area contributed by atoms with Crippen LogP contribution in [0.15, 0.2) is 42.6 Å². The summed E-state index contributed by atoms with van der Waals surface area (Å²) in [6.07, 6.45) is 1.60. The Bertz CT molecular complexity index is 733. The Balaban J connectivity index is 2.73. The highest BCUT2D eigenvalue weighted by molar-refractivity contribution is 5.61. The van der Waals surface area contributed by atoms with Crippen LogP contribution in [-0.4, -0.2) is 0 Å². The third-order valence-electron chi connectivity index (χ3n) is 2.86. The van der Waals surface area contributed by atoms with Crippen LogP contribution in [0.2, 0.25) is 0 Å². The lowest BCUT2D eigenvalue weighted by Crippen LogP contribution is -2.30. The van der Waals surface area contributed by atoms with Crippen LogP contribution in [-0.2, 0) is 7.05 Å². The Labute approximate surface area is 114 Å². The second-order valence-electron chi connectivity index (χ2n) is 4.10. The Morgan fingerprint density at radius 3 is 2.71 bits per heavy atom. The topological polar surface area (TPSA) is 3.88 Å². The molecule has 0 aliphatic rings. The van der Waals surface area contributed by atoms with E-state index in [0.717, 1.165) is 11.1 Å². The average molecular weight is 233 g/mol. The lowest BCUT2D eigenvalue weighted by molar-refractivity contribution is -0.660. The summed E-state index contributed by atoms with van der Waals surface area (Å²) in [6, 6.07) is 10.4. The molecule has 17 heavy (non-hydrogen) atoms. The number of pyridine rings is 1. The summed E-state index contributed by atoms with van der Waals surface area (Å²) >= 11 is 0. The van der Waals surface area contributed by atoms with Crippen molar-refractivity contribution in [2.45, 2.75) is 26.5 Å². The van der Waals surface area contributed by atoms with Gasteiger partial charge in [0, 0.05) is 27.3 Å². The van der Waals surface area contributed by atoms with Gasteiger partial charge in [-0.15, -0.1) is 0 Å². The molecule has 0 spiro atoms. The summed E-state index contributed by atoms with van der Waals surface area (Å²) in [5.41, 5.74) is 2.46. The number of aromatic nitrogens is 1. The second kappa shape index (κ2) is 4.70. The van der Waals surface area contributed by atoms with Gasteiger partial charge in [-0.2, -0.15) is 0 Å². The van der Waals surface area contributed by atoms with Gasteiger partial charge >= 0.3 is 0 Å². The van der Waals surface area contributed by atoms with E-state index in [9.17, 15) is 0 Å². The van der Waals surface area contributed by atoms with Gasteiger partial charge in [0.2, 0.25) is 5.69 Å². The summed E-state index contributed by atoms with van der Waals surface area (Å²) in [5.74, 6) is -2.69. The van der Waals surface area contributed by atoms with Crippen molar-refractivity contribution in [3.05, 3.63) is 53.7 Å². The Morgan fingerprint density at radius 1 is 1.24 bits per heavy atom. The monoisotopic (exact) mass is 233 g/mol. The van der Waals surface area contributed by atoms with E-state index in [2.05, 4.69) is 0 Å². The summed E-state index contributed by atoms with van der Waals surface area (Å²) in [4.78, 5) is 0. The minimum atomic E-state index is -2.98. The molecule has 0 radical (unpaired) electrons. The van der Waals surface area contributed by atoms with E-state index in [1.54, 1.807) is 17.8 Å². The van der Waals surface area contributed by atoms with E-state index in [1.807, 2.05) is 31.2 Å². The average Bonchev–Trinajstić information content (AvgIpc) is 2.45. The van der Waals surface area contributed by atoms with Gasteiger partial charge in [-0.05, 0) is 30.0 Å². The summed E-state index contributed by atoms with van der Waals surface area (Å²) < 4.78 is 55.9. The number of hydrogen-bond donors (Lipinski definition) is 0. The first-order chi connectivity index (χ1) is 10.9. The zero-order valence-corrected chi connectivity index (χ0v) is 9.99. The number of rotatable bonds is 2.